The molecule has 3 heteroatoms. The second kappa shape index (κ2) is 7.24. The van der Waals surface area contributed by atoms with Crippen LogP contribution in [0.5, 0.6) is 5.75 Å². The summed E-state index contributed by atoms with van der Waals surface area (Å²) >= 11 is 0. The molecule has 1 aromatic heterocycles. The Balaban J connectivity index is 1.48. The standard InChI is InChI=1S/C22H24N2O/c1-2-25-21-13-7-17(8-14-21)15-24(20-11-12-20)16-19-10-9-18-5-3-4-6-22(18)23-19/h3-10,13-14,20H,2,11-12,15-16H2,1H3. The summed E-state index contributed by atoms with van der Waals surface area (Å²) in [6.45, 7) is 4.59. The first-order valence-corrected chi connectivity index (χ1v) is 9.12. The molecule has 0 unspecified atom stereocenters. The number of pyridine rings is 1. The minimum atomic E-state index is 0.694. The van der Waals surface area contributed by atoms with Gasteiger partial charge < -0.3 is 4.74 Å². The van der Waals surface area contributed by atoms with Gasteiger partial charge in [-0.05, 0) is 49.6 Å². The SMILES string of the molecule is CCOc1ccc(CN(Cc2ccc3ccccc3n2)C2CC2)cc1. The van der Waals surface area contributed by atoms with Crippen LogP contribution in [-0.2, 0) is 13.1 Å². The molecule has 2 aromatic carbocycles. The van der Waals surface area contributed by atoms with Crippen molar-refractivity contribution in [3.8, 4) is 5.75 Å². The summed E-state index contributed by atoms with van der Waals surface area (Å²) in [5, 5.41) is 1.20. The third kappa shape index (κ3) is 3.99. The number of nitrogens with zero attached hydrogens (tertiary/aromatic N) is 2. The number of hydrogen-bond acceptors (Lipinski definition) is 3. The van der Waals surface area contributed by atoms with Crippen LogP contribution in [0, 0.1) is 0 Å². The molecule has 0 saturated heterocycles. The van der Waals surface area contributed by atoms with Crippen molar-refractivity contribution in [1.29, 1.82) is 0 Å². The molecule has 0 amide bonds. The van der Waals surface area contributed by atoms with Crippen LogP contribution in [0.1, 0.15) is 31.0 Å². The lowest BCUT2D eigenvalue weighted by Gasteiger charge is -2.22. The van der Waals surface area contributed by atoms with Gasteiger partial charge in [-0.1, -0.05) is 36.4 Å². The largest absolute Gasteiger partial charge is 0.494 e. The molecule has 0 bridgehead atoms. The molecule has 1 aliphatic rings. The van der Waals surface area contributed by atoms with Crippen LogP contribution < -0.4 is 4.74 Å². The number of ether oxygens (including phenoxy) is 1. The number of aromatic nitrogens is 1. The molecule has 0 atom stereocenters. The van der Waals surface area contributed by atoms with E-state index in [9.17, 15) is 0 Å². The predicted octanol–water partition coefficient (Wildman–Crippen LogP) is 4.80. The van der Waals surface area contributed by atoms with Gasteiger partial charge in [0.15, 0.2) is 0 Å². The summed E-state index contributed by atoms with van der Waals surface area (Å²) in [6, 6.07) is 21.8. The summed E-state index contributed by atoms with van der Waals surface area (Å²) in [5.74, 6) is 0.945. The topological polar surface area (TPSA) is 25.4 Å². The van der Waals surface area contributed by atoms with E-state index in [-0.39, 0.29) is 0 Å². The second-order valence-corrected chi connectivity index (χ2v) is 6.71. The fourth-order valence-corrected chi connectivity index (χ4v) is 3.25. The summed E-state index contributed by atoms with van der Waals surface area (Å²) < 4.78 is 5.54. The summed E-state index contributed by atoms with van der Waals surface area (Å²) in [4.78, 5) is 7.39. The van der Waals surface area contributed by atoms with Gasteiger partial charge in [-0.25, -0.2) is 0 Å². The fourth-order valence-electron chi connectivity index (χ4n) is 3.25. The van der Waals surface area contributed by atoms with E-state index in [0.29, 0.717) is 12.6 Å². The van der Waals surface area contributed by atoms with Gasteiger partial charge in [-0.3, -0.25) is 9.88 Å². The van der Waals surface area contributed by atoms with Gasteiger partial charge in [0, 0.05) is 24.5 Å². The maximum absolute atomic E-state index is 5.54. The van der Waals surface area contributed by atoms with E-state index in [1.807, 2.05) is 6.92 Å². The lowest BCUT2D eigenvalue weighted by molar-refractivity contribution is 0.243. The molecule has 1 heterocycles. The summed E-state index contributed by atoms with van der Waals surface area (Å²) in [5.41, 5.74) is 3.56. The quantitative estimate of drug-likeness (QED) is 0.621. The van der Waals surface area contributed by atoms with Crippen LogP contribution in [0.3, 0.4) is 0 Å². The van der Waals surface area contributed by atoms with Crippen LogP contribution in [0.2, 0.25) is 0 Å². The van der Waals surface area contributed by atoms with Gasteiger partial charge in [0.05, 0.1) is 17.8 Å². The van der Waals surface area contributed by atoms with Gasteiger partial charge in [-0.15, -0.1) is 0 Å². The highest BCUT2D eigenvalue weighted by atomic mass is 16.5. The fraction of sp³-hybridized carbons (Fsp3) is 0.318. The molecule has 1 fully saturated rings. The number of para-hydroxylation sites is 1. The molecular weight excluding hydrogens is 308 g/mol. The molecule has 25 heavy (non-hydrogen) atoms. The van der Waals surface area contributed by atoms with E-state index < -0.39 is 0 Å². The van der Waals surface area contributed by atoms with E-state index >= 15 is 0 Å². The Bertz CT molecular complexity index is 840. The Labute approximate surface area is 149 Å². The highest BCUT2D eigenvalue weighted by Gasteiger charge is 2.29. The number of benzene rings is 2. The van der Waals surface area contributed by atoms with Crippen molar-refractivity contribution in [2.45, 2.75) is 38.9 Å². The van der Waals surface area contributed by atoms with Crippen molar-refractivity contribution in [2.75, 3.05) is 6.61 Å². The van der Waals surface area contributed by atoms with Crippen molar-refractivity contribution in [3.63, 3.8) is 0 Å². The van der Waals surface area contributed by atoms with Gasteiger partial charge in [0.25, 0.3) is 0 Å². The van der Waals surface area contributed by atoms with E-state index in [4.69, 9.17) is 9.72 Å². The van der Waals surface area contributed by atoms with Crippen LogP contribution in [0.15, 0.2) is 60.7 Å². The molecule has 1 saturated carbocycles. The molecule has 128 valence electrons. The molecule has 4 rings (SSSR count). The van der Waals surface area contributed by atoms with E-state index in [1.54, 1.807) is 0 Å². The molecule has 0 N–H and O–H groups in total. The summed E-state index contributed by atoms with van der Waals surface area (Å²) in [6.07, 6.45) is 2.59. The van der Waals surface area contributed by atoms with E-state index in [0.717, 1.165) is 30.0 Å². The average molecular weight is 332 g/mol. The molecule has 3 aromatic rings. The van der Waals surface area contributed by atoms with Crippen molar-refractivity contribution in [1.82, 2.24) is 9.88 Å². The Hall–Kier alpha value is -2.39. The smallest absolute Gasteiger partial charge is 0.119 e. The highest BCUT2D eigenvalue weighted by Crippen LogP contribution is 2.30. The molecule has 0 spiro atoms. The zero-order valence-electron chi connectivity index (χ0n) is 14.7. The highest BCUT2D eigenvalue weighted by molar-refractivity contribution is 5.78. The van der Waals surface area contributed by atoms with Gasteiger partial charge >= 0.3 is 0 Å². The average Bonchev–Trinajstić information content (AvgIpc) is 3.48. The van der Waals surface area contributed by atoms with Crippen LogP contribution in [-0.4, -0.2) is 22.5 Å². The second-order valence-electron chi connectivity index (χ2n) is 6.71. The van der Waals surface area contributed by atoms with E-state index in [2.05, 4.69) is 65.6 Å². The van der Waals surface area contributed by atoms with Gasteiger partial charge in [-0.2, -0.15) is 0 Å². The van der Waals surface area contributed by atoms with Crippen LogP contribution >= 0.6 is 0 Å². The van der Waals surface area contributed by atoms with Crippen molar-refractivity contribution in [2.24, 2.45) is 0 Å². The maximum Gasteiger partial charge on any atom is 0.119 e. The first-order valence-electron chi connectivity index (χ1n) is 9.12. The molecule has 0 aliphatic heterocycles. The third-order valence-electron chi connectivity index (χ3n) is 4.70. The zero-order valence-corrected chi connectivity index (χ0v) is 14.7. The first kappa shape index (κ1) is 16.1. The molecular formula is C22H24N2O. The van der Waals surface area contributed by atoms with Crippen LogP contribution in [0.4, 0.5) is 0 Å². The molecule has 0 radical (unpaired) electrons. The van der Waals surface area contributed by atoms with Crippen molar-refractivity contribution >= 4 is 10.9 Å². The Morgan fingerprint density at radius 3 is 2.52 bits per heavy atom. The normalized spacial score (nSPS) is 14.2. The number of hydrogen-bond donors (Lipinski definition) is 0. The zero-order chi connectivity index (χ0) is 17.1. The Kier molecular flexibility index (Phi) is 4.66. The number of rotatable bonds is 7. The maximum atomic E-state index is 5.54. The Morgan fingerprint density at radius 1 is 0.960 bits per heavy atom. The third-order valence-corrected chi connectivity index (χ3v) is 4.70. The summed E-state index contributed by atoms with van der Waals surface area (Å²) in [7, 11) is 0. The van der Waals surface area contributed by atoms with Gasteiger partial charge in [0.1, 0.15) is 5.75 Å². The number of fused-ring (bicyclic) bond motifs is 1. The monoisotopic (exact) mass is 332 g/mol. The molecule has 1 aliphatic carbocycles. The first-order chi connectivity index (χ1) is 12.3. The Morgan fingerprint density at radius 2 is 1.76 bits per heavy atom. The van der Waals surface area contributed by atoms with E-state index in [1.165, 1.54) is 23.8 Å². The predicted molar refractivity (Wildman–Crippen MR) is 102 cm³/mol. The molecule has 3 nitrogen and oxygen atoms in total. The minimum Gasteiger partial charge on any atom is -0.494 e. The van der Waals surface area contributed by atoms with Crippen LogP contribution in [0.25, 0.3) is 10.9 Å². The lowest BCUT2D eigenvalue weighted by Crippen LogP contribution is -2.25. The van der Waals surface area contributed by atoms with Crippen molar-refractivity contribution in [3.05, 3.63) is 71.9 Å². The van der Waals surface area contributed by atoms with Gasteiger partial charge in [0.2, 0.25) is 0 Å². The van der Waals surface area contributed by atoms with Crippen molar-refractivity contribution < 1.29 is 4.74 Å². The lowest BCUT2D eigenvalue weighted by atomic mass is 10.1. The minimum absolute atomic E-state index is 0.694.